The highest BCUT2D eigenvalue weighted by Crippen LogP contribution is 2.21. The summed E-state index contributed by atoms with van der Waals surface area (Å²) in [5, 5.41) is 4.50. The highest BCUT2D eigenvalue weighted by Gasteiger charge is 2.14. The molecule has 1 aromatic carbocycles. The van der Waals surface area contributed by atoms with Gasteiger partial charge in [-0.1, -0.05) is 29.8 Å². The van der Waals surface area contributed by atoms with Gasteiger partial charge in [0.1, 0.15) is 0 Å². The predicted octanol–water partition coefficient (Wildman–Crippen LogP) is 2.80. The van der Waals surface area contributed by atoms with E-state index in [0.29, 0.717) is 12.5 Å². The lowest BCUT2D eigenvalue weighted by molar-refractivity contribution is 0.583. The minimum atomic E-state index is 0.362. The molecule has 19 heavy (non-hydrogen) atoms. The van der Waals surface area contributed by atoms with Crippen LogP contribution < -0.4 is 5.73 Å². The summed E-state index contributed by atoms with van der Waals surface area (Å²) in [5.41, 5.74) is 10.9. The maximum absolute atomic E-state index is 5.97. The molecule has 2 N–H and O–H groups in total. The minimum absolute atomic E-state index is 0.362. The Morgan fingerprint density at radius 1 is 1.26 bits per heavy atom. The largest absolute Gasteiger partial charge is 0.330 e. The van der Waals surface area contributed by atoms with Crippen LogP contribution >= 0.6 is 0 Å². The van der Waals surface area contributed by atoms with Crippen LogP contribution in [0.25, 0.3) is 0 Å². The molecule has 0 saturated carbocycles. The molecule has 0 fully saturated rings. The average Bonchev–Trinajstić information content (AvgIpc) is 2.76. The molecule has 0 aliphatic heterocycles. The summed E-state index contributed by atoms with van der Waals surface area (Å²) in [7, 11) is 0. The lowest BCUT2D eigenvalue weighted by atomic mass is 9.93. The van der Waals surface area contributed by atoms with Gasteiger partial charge in [0.2, 0.25) is 0 Å². The van der Waals surface area contributed by atoms with E-state index in [2.05, 4.69) is 54.0 Å². The first-order valence-corrected chi connectivity index (χ1v) is 6.94. The maximum Gasteiger partial charge on any atom is 0.0596 e. The van der Waals surface area contributed by atoms with E-state index >= 15 is 0 Å². The predicted molar refractivity (Wildman–Crippen MR) is 79.3 cm³/mol. The normalized spacial score (nSPS) is 12.6. The van der Waals surface area contributed by atoms with Crippen LogP contribution in [0.2, 0.25) is 0 Å². The van der Waals surface area contributed by atoms with Gasteiger partial charge >= 0.3 is 0 Å². The Morgan fingerprint density at radius 2 is 2.05 bits per heavy atom. The second-order valence-corrected chi connectivity index (χ2v) is 5.14. The molecule has 0 aliphatic carbocycles. The highest BCUT2D eigenvalue weighted by atomic mass is 15.3. The third-order valence-electron chi connectivity index (χ3n) is 3.54. The van der Waals surface area contributed by atoms with Gasteiger partial charge in [0.15, 0.2) is 0 Å². The minimum Gasteiger partial charge on any atom is -0.330 e. The molecule has 0 spiro atoms. The molecular formula is C16H23N3. The van der Waals surface area contributed by atoms with Gasteiger partial charge in [-0.15, -0.1) is 0 Å². The number of benzene rings is 1. The summed E-state index contributed by atoms with van der Waals surface area (Å²) in [4.78, 5) is 0. The molecule has 0 aliphatic rings. The van der Waals surface area contributed by atoms with Crippen LogP contribution in [-0.2, 0) is 13.0 Å². The molecule has 0 amide bonds. The Balaban J connectivity index is 2.23. The van der Waals surface area contributed by atoms with Gasteiger partial charge in [-0.25, -0.2) is 0 Å². The Labute approximate surface area is 115 Å². The fourth-order valence-electron chi connectivity index (χ4n) is 2.55. The second kappa shape index (κ2) is 6.02. The van der Waals surface area contributed by atoms with E-state index in [0.717, 1.165) is 18.7 Å². The number of rotatable bonds is 5. The van der Waals surface area contributed by atoms with Crippen molar-refractivity contribution in [2.45, 2.75) is 39.7 Å². The van der Waals surface area contributed by atoms with Crippen LogP contribution in [0.15, 0.2) is 30.3 Å². The van der Waals surface area contributed by atoms with E-state index < -0.39 is 0 Å². The first-order chi connectivity index (χ1) is 9.13. The van der Waals surface area contributed by atoms with E-state index in [4.69, 9.17) is 5.73 Å². The number of hydrogen-bond donors (Lipinski definition) is 1. The molecule has 0 saturated heterocycles. The van der Waals surface area contributed by atoms with E-state index in [1.807, 2.05) is 6.92 Å². The standard InChI is InChI=1S/C16H23N3/c1-4-19-16(9-13(3)18-19)10-15(11-17)14-7-5-6-12(2)8-14/h5-9,15H,4,10-11,17H2,1-3H3. The second-order valence-electron chi connectivity index (χ2n) is 5.14. The first-order valence-electron chi connectivity index (χ1n) is 6.94. The Kier molecular flexibility index (Phi) is 4.38. The van der Waals surface area contributed by atoms with E-state index in [1.165, 1.54) is 16.8 Å². The van der Waals surface area contributed by atoms with Gasteiger partial charge in [0.25, 0.3) is 0 Å². The summed E-state index contributed by atoms with van der Waals surface area (Å²) in [6, 6.07) is 10.8. The van der Waals surface area contributed by atoms with Gasteiger partial charge in [0.05, 0.1) is 5.69 Å². The van der Waals surface area contributed by atoms with Gasteiger partial charge in [-0.3, -0.25) is 4.68 Å². The van der Waals surface area contributed by atoms with Gasteiger partial charge in [0, 0.05) is 18.2 Å². The molecule has 1 heterocycles. The lowest BCUT2D eigenvalue weighted by Gasteiger charge is -2.16. The quantitative estimate of drug-likeness (QED) is 0.895. The van der Waals surface area contributed by atoms with Crippen molar-refractivity contribution in [2.75, 3.05) is 6.54 Å². The third-order valence-corrected chi connectivity index (χ3v) is 3.54. The van der Waals surface area contributed by atoms with Crippen molar-refractivity contribution >= 4 is 0 Å². The summed E-state index contributed by atoms with van der Waals surface area (Å²) in [6.45, 7) is 7.86. The number of nitrogens with zero attached hydrogens (tertiary/aromatic N) is 2. The molecule has 3 nitrogen and oxygen atoms in total. The zero-order valence-corrected chi connectivity index (χ0v) is 12.1. The molecule has 0 bridgehead atoms. The molecule has 2 aromatic rings. The Hall–Kier alpha value is -1.61. The zero-order chi connectivity index (χ0) is 13.8. The lowest BCUT2D eigenvalue weighted by Crippen LogP contribution is -2.17. The number of aryl methyl sites for hydroxylation is 3. The van der Waals surface area contributed by atoms with Crippen LogP contribution in [0.1, 0.15) is 35.4 Å². The molecule has 1 aromatic heterocycles. The fourth-order valence-corrected chi connectivity index (χ4v) is 2.55. The SMILES string of the molecule is CCn1nc(C)cc1CC(CN)c1cccc(C)c1. The molecule has 1 atom stereocenters. The Bertz CT molecular complexity index is 543. The van der Waals surface area contributed by atoms with E-state index in [-0.39, 0.29) is 0 Å². The number of hydrogen-bond acceptors (Lipinski definition) is 2. The molecule has 2 rings (SSSR count). The molecule has 102 valence electrons. The van der Waals surface area contributed by atoms with Crippen LogP contribution in [0, 0.1) is 13.8 Å². The molecule has 1 unspecified atom stereocenters. The monoisotopic (exact) mass is 257 g/mol. The summed E-state index contributed by atoms with van der Waals surface area (Å²) in [5.74, 6) is 0.362. The third kappa shape index (κ3) is 3.24. The van der Waals surface area contributed by atoms with E-state index in [9.17, 15) is 0 Å². The maximum atomic E-state index is 5.97. The summed E-state index contributed by atoms with van der Waals surface area (Å²) < 4.78 is 2.08. The fraction of sp³-hybridized carbons (Fsp3) is 0.438. The van der Waals surface area contributed by atoms with Crippen LogP contribution in [0.5, 0.6) is 0 Å². The zero-order valence-electron chi connectivity index (χ0n) is 12.1. The van der Waals surface area contributed by atoms with Crippen molar-refractivity contribution in [3.8, 4) is 0 Å². The summed E-state index contributed by atoms with van der Waals surface area (Å²) in [6.07, 6.45) is 0.953. The van der Waals surface area contributed by atoms with E-state index in [1.54, 1.807) is 0 Å². The van der Waals surface area contributed by atoms with Gasteiger partial charge in [-0.05, 0) is 45.4 Å². The first kappa shape index (κ1) is 13.8. The van der Waals surface area contributed by atoms with Gasteiger partial charge < -0.3 is 5.73 Å². The van der Waals surface area contributed by atoms with Crippen LogP contribution in [0.4, 0.5) is 0 Å². The van der Waals surface area contributed by atoms with Crippen molar-refractivity contribution in [3.05, 3.63) is 52.8 Å². The van der Waals surface area contributed by atoms with Crippen molar-refractivity contribution in [1.82, 2.24) is 9.78 Å². The topological polar surface area (TPSA) is 43.8 Å². The molecule has 0 radical (unpaired) electrons. The van der Waals surface area contributed by atoms with Crippen LogP contribution in [0.3, 0.4) is 0 Å². The molecular weight excluding hydrogens is 234 g/mol. The highest BCUT2D eigenvalue weighted by molar-refractivity contribution is 5.27. The van der Waals surface area contributed by atoms with Crippen molar-refractivity contribution in [2.24, 2.45) is 5.73 Å². The average molecular weight is 257 g/mol. The van der Waals surface area contributed by atoms with Crippen molar-refractivity contribution in [3.63, 3.8) is 0 Å². The number of nitrogens with two attached hydrogens (primary N) is 1. The summed E-state index contributed by atoms with van der Waals surface area (Å²) >= 11 is 0. The van der Waals surface area contributed by atoms with Crippen molar-refractivity contribution < 1.29 is 0 Å². The van der Waals surface area contributed by atoms with Gasteiger partial charge in [-0.2, -0.15) is 5.10 Å². The van der Waals surface area contributed by atoms with Crippen molar-refractivity contribution in [1.29, 1.82) is 0 Å². The Morgan fingerprint density at radius 3 is 2.68 bits per heavy atom. The smallest absolute Gasteiger partial charge is 0.0596 e. The number of aromatic nitrogens is 2. The molecule has 3 heteroatoms. The van der Waals surface area contributed by atoms with Crippen LogP contribution in [-0.4, -0.2) is 16.3 Å².